The van der Waals surface area contributed by atoms with Gasteiger partial charge in [0.2, 0.25) is 0 Å². The fraction of sp³-hybridized carbons (Fsp3) is 0.176. The molecule has 3 heterocycles. The van der Waals surface area contributed by atoms with Gasteiger partial charge >= 0.3 is 12.1 Å². The summed E-state index contributed by atoms with van der Waals surface area (Å²) in [6, 6.07) is 25.4. The molecule has 0 radical (unpaired) electrons. The molecule has 6 rings (SSSR count). The Morgan fingerprint density at radius 3 is 2.12 bits per heavy atom. The molecule has 0 spiro atoms. The van der Waals surface area contributed by atoms with E-state index in [2.05, 4.69) is 4.98 Å². The molecule has 2 saturated heterocycles. The SMILES string of the molecule is C[C@]1(COC(=O)Oc2ccc([N+](=O)[O-])cc2)[C@H](C(=O)OC(c2ccccc2)c2ccccc2)N2C(=O)/C(=C/c3ccccn3)C2S1(=O)=O. The van der Waals surface area contributed by atoms with Gasteiger partial charge in [0.25, 0.3) is 11.6 Å². The van der Waals surface area contributed by atoms with Crippen molar-refractivity contribution in [1.29, 1.82) is 0 Å². The number of hydrogen-bond acceptors (Lipinski definition) is 11. The molecule has 3 aromatic carbocycles. The minimum Gasteiger partial charge on any atom is -0.451 e. The molecule has 1 aromatic heterocycles. The van der Waals surface area contributed by atoms with E-state index in [1.807, 2.05) is 0 Å². The molecule has 0 N–H and O–H groups in total. The number of rotatable bonds is 9. The maximum Gasteiger partial charge on any atom is 0.513 e. The molecule has 13 nitrogen and oxygen atoms in total. The van der Waals surface area contributed by atoms with Gasteiger partial charge < -0.3 is 19.1 Å². The predicted octanol–water partition coefficient (Wildman–Crippen LogP) is 4.65. The highest BCUT2D eigenvalue weighted by Crippen LogP contribution is 2.50. The molecule has 2 aliphatic heterocycles. The van der Waals surface area contributed by atoms with Gasteiger partial charge in [0.1, 0.15) is 17.1 Å². The van der Waals surface area contributed by atoms with Gasteiger partial charge in [-0.1, -0.05) is 66.7 Å². The summed E-state index contributed by atoms with van der Waals surface area (Å²) in [6.07, 6.45) is 0.538. The quantitative estimate of drug-likeness (QED) is 0.0607. The molecule has 3 atom stereocenters. The summed E-state index contributed by atoms with van der Waals surface area (Å²) in [7, 11) is -4.47. The van der Waals surface area contributed by atoms with Crippen LogP contribution in [0.3, 0.4) is 0 Å². The second-order valence-corrected chi connectivity index (χ2v) is 13.7. The van der Waals surface area contributed by atoms with Crippen LogP contribution < -0.4 is 4.74 Å². The predicted molar refractivity (Wildman–Crippen MR) is 170 cm³/mol. The summed E-state index contributed by atoms with van der Waals surface area (Å²) in [6.45, 7) is 0.316. The van der Waals surface area contributed by atoms with Crippen LogP contribution in [0.15, 0.2) is 115 Å². The van der Waals surface area contributed by atoms with E-state index in [9.17, 15) is 32.9 Å². The lowest BCUT2D eigenvalue weighted by Gasteiger charge is -2.39. The average molecular weight is 670 g/mol. The lowest BCUT2D eigenvalue weighted by molar-refractivity contribution is -0.384. The number of pyridine rings is 1. The standard InChI is InChI=1S/C34H27N3O10S/c1-34(21-45-33(40)46-26-17-15-25(16-18-26)37(41)42)29(32(39)47-28(22-10-4-2-5-11-22)23-12-6-3-7-13-23)36-30(38)27(31(36)48(34,43)44)20-24-14-8-9-19-35-24/h2-20,28-29,31H,21H2,1H3/b27-20-/t29-,31?,34-/m0/s1. The fourth-order valence-electron chi connectivity index (χ4n) is 5.73. The molecule has 1 unspecified atom stereocenters. The van der Waals surface area contributed by atoms with Gasteiger partial charge in [-0.05, 0) is 48.4 Å². The van der Waals surface area contributed by atoms with Gasteiger partial charge in [0, 0.05) is 18.3 Å². The maximum atomic E-state index is 14.3. The molecule has 2 aliphatic rings. The van der Waals surface area contributed by atoms with Crippen molar-refractivity contribution < 1.29 is 41.9 Å². The van der Waals surface area contributed by atoms with Gasteiger partial charge in [-0.3, -0.25) is 19.9 Å². The van der Waals surface area contributed by atoms with Crippen molar-refractivity contribution >= 4 is 39.6 Å². The third-order valence-electron chi connectivity index (χ3n) is 8.18. The van der Waals surface area contributed by atoms with Crippen LogP contribution in [0.25, 0.3) is 6.08 Å². The number of esters is 1. The zero-order valence-electron chi connectivity index (χ0n) is 25.2. The van der Waals surface area contributed by atoms with Crippen molar-refractivity contribution in [2.45, 2.75) is 29.2 Å². The highest BCUT2D eigenvalue weighted by Gasteiger charge is 2.73. The molecule has 48 heavy (non-hydrogen) atoms. The number of non-ortho nitro benzene ring substituents is 1. The monoisotopic (exact) mass is 669 g/mol. The second kappa shape index (κ2) is 12.7. The lowest BCUT2D eigenvalue weighted by atomic mass is 9.94. The number of carbonyl (C=O) groups is 3. The number of nitro benzene ring substituents is 1. The van der Waals surface area contributed by atoms with Gasteiger partial charge in [-0.25, -0.2) is 18.0 Å². The Morgan fingerprint density at radius 2 is 1.56 bits per heavy atom. The summed E-state index contributed by atoms with van der Waals surface area (Å²) >= 11 is 0. The van der Waals surface area contributed by atoms with E-state index in [4.69, 9.17) is 14.2 Å². The Balaban J connectivity index is 1.33. The number of ether oxygens (including phenoxy) is 3. The van der Waals surface area contributed by atoms with Crippen LogP contribution in [0.4, 0.5) is 10.5 Å². The minimum atomic E-state index is -4.47. The van der Waals surface area contributed by atoms with Crippen molar-refractivity contribution in [3.05, 3.63) is 142 Å². The third-order valence-corrected chi connectivity index (χ3v) is 10.9. The number of benzene rings is 3. The van der Waals surface area contributed by atoms with Gasteiger partial charge in [-0.15, -0.1) is 0 Å². The Bertz CT molecular complexity index is 1970. The van der Waals surface area contributed by atoms with Crippen LogP contribution >= 0.6 is 0 Å². The number of amides is 1. The van der Waals surface area contributed by atoms with Crippen molar-refractivity contribution in [2.24, 2.45) is 0 Å². The molecule has 0 saturated carbocycles. The maximum absolute atomic E-state index is 14.3. The first-order valence-corrected chi connectivity index (χ1v) is 16.1. The van der Waals surface area contributed by atoms with E-state index in [1.54, 1.807) is 78.9 Å². The Kier molecular flexibility index (Phi) is 8.50. The van der Waals surface area contributed by atoms with E-state index < -0.39 is 61.7 Å². The average Bonchev–Trinajstić information content (AvgIpc) is 3.26. The number of nitro groups is 1. The van der Waals surface area contributed by atoms with Crippen LogP contribution in [-0.4, -0.2) is 64.0 Å². The minimum absolute atomic E-state index is 0.103. The highest BCUT2D eigenvalue weighted by atomic mass is 32.2. The van der Waals surface area contributed by atoms with Gasteiger partial charge in [0.15, 0.2) is 27.4 Å². The topological polar surface area (TPSA) is 172 Å². The molecular formula is C34H27N3O10S. The lowest BCUT2D eigenvalue weighted by Crippen LogP contribution is -2.60. The Labute approximate surface area is 274 Å². The first-order valence-electron chi connectivity index (χ1n) is 14.6. The molecular weight excluding hydrogens is 642 g/mol. The van der Waals surface area contributed by atoms with E-state index in [0.29, 0.717) is 16.8 Å². The first-order chi connectivity index (χ1) is 23.0. The zero-order chi connectivity index (χ0) is 34.1. The molecule has 0 aliphatic carbocycles. The Morgan fingerprint density at radius 1 is 0.958 bits per heavy atom. The summed E-state index contributed by atoms with van der Waals surface area (Å²) in [5.41, 5.74) is 1.19. The summed E-state index contributed by atoms with van der Waals surface area (Å²) in [4.78, 5) is 55.9. The molecule has 14 heteroatoms. The number of sulfone groups is 1. The largest absolute Gasteiger partial charge is 0.513 e. The number of fused-ring (bicyclic) bond motifs is 1. The van der Waals surface area contributed by atoms with Crippen LogP contribution in [-0.2, 0) is 28.9 Å². The van der Waals surface area contributed by atoms with E-state index in [1.165, 1.54) is 31.3 Å². The van der Waals surface area contributed by atoms with E-state index >= 15 is 0 Å². The molecule has 2 fully saturated rings. The molecule has 1 amide bonds. The number of carbonyl (C=O) groups excluding carboxylic acids is 3. The van der Waals surface area contributed by atoms with Crippen LogP contribution in [0.2, 0.25) is 0 Å². The number of β-lactam (4-membered cyclic amide) rings is 1. The first kappa shape index (κ1) is 32.1. The van der Waals surface area contributed by atoms with Crippen LogP contribution in [0.5, 0.6) is 5.75 Å². The molecule has 4 aromatic rings. The summed E-state index contributed by atoms with van der Waals surface area (Å²) < 4.78 is 42.8. The van der Waals surface area contributed by atoms with Gasteiger partial charge in [0.05, 0.1) is 16.2 Å². The number of hydrogen-bond donors (Lipinski definition) is 0. The smallest absolute Gasteiger partial charge is 0.451 e. The normalized spacial score (nSPS) is 21.7. The van der Waals surface area contributed by atoms with Crippen molar-refractivity contribution in [3.8, 4) is 5.75 Å². The fourth-order valence-corrected chi connectivity index (χ4v) is 8.00. The van der Waals surface area contributed by atoms with E-state index in [0.717, 1.165) is 17.0 Å². The van der Waals surface area contributed by atoms with E-state index in [-0.39, 0.29) is 17.0 Å². The van der Waals surface area contributed by atoms with Gasteiger partial charge in [-0.2, -0.15) is 0 Å². The Hall–Kier alpha value is -5.89. The van der Waals surface area contributed by atoms with Crippen LogP contribution in [0, 0.1) is 10.1 Å². The molecule has 0 bridgehead atoms. The summed E-state index contributed by atoms with van der Waals surface area (Å²) in [5.74, 6) is -1.85. The third kappa shape index (κ3) is 5.77. The highest BCUT2D eigenvalue weighted by molar-refractivity contribution is 7.94. The molecule has 244 valence electrons. The number of nitrogens with zero attached hydrogens (tertiary/aromatic N) is 3. The summed E-state index contributed by atoms with van der Waals surface area (Å²) in [5, 5.41) is 9.40. The van der Waals surface area contributed by atoms with Crippen molar-refractivity contribution in [2.75, 3.05) is 6.61 Å². The number of aromatic nitrogens is 1. The zero-order valence-corrected chi connectivity index (χ0v) is 26.1. The second-order valence-electron chi connectivity index (χ2n) is 11.2. The van der Waals surface area contributed by atoms with Crippen LogP contribution in [0.1, 0.15) is 29.8 Å². The van der Waals surface area contributed by atoms with Crippen molar-refractivity contribution in [1.82, 2.24) is 9.88 Å². The van der Waals surface area contributed by atoms with Crippen molar-refractivity contribution in [3.63, 3.8) is 0 Å².